The molecule has 2 aromatic carbocycles. The molecule has 0 bridgehead atoms. The molecule has 0 aliphatic rings. The Morgan fingerprint density at radius 3 is 2.52 bits per heavy atom. The zero-order valence-electron chi connectivity index (χ0n) is 12.7. The molecular formula is C16H15N3O3S. The molecular weight excluding hydrogens is 314 g/mol. The number of aromatic nitrogens is 3. The third-order valence-corrected chi connectivity index (χ3v) is 4.55. The molecule has 23 heavy (non-hydrogen) atoms. The number of benzene rings is 2. The van der Waals surface area contributed by atoms with Crippen molar-refractivity contribution in [3.63, 3.8) is 0 Å². The zero-order chi connectivity index (χ0) is 16.4. The van der Waals surface area contributed by atoms with E-state index in [1.165, 1.54) is 22.9 Å². The van der Waals surface area contributed by atoms with Gasteiger partial charge in [-0.3, -0.25) is 0 Å². The smallest absolute Gasteiger partial charge is 0.340 e. The van der Waals surface area contributed by atoms with Crippen molar-refractivity contribution in [2.45, 2.75) is 18.7 Å². The van der Waals surface area contributed by atoms with E-state index in [9.17, 15) is 8.42 Å². The molecule has 0 fully saturated rings. The van der Waals surface area contributed by atoms with Gasteiger partial charge in [0.1, 0.15) is 10.4 Å². The number of nitrogens with zero attached hydrogens (tertiary/aromatic N) is 3. The summed E-state index contributed by atoms with van der Waals surface area (Å²) in [4.78, 5) is 0.0897. The number of rotatable bonds is 4. The van der Waals surface area contributed by atoms with E-state index in [0.717, 1.165) is 5.56 Å². The molecule has 0 aliphatic carbocycles. The fourth-order valence-electron chi connectivity index (χ4n) is 2.10. The molecule has 1 heterocycles. The van der Waals surface area contributed by atoms with Gasteiger partial charge in [0.2, 0.25) is 5.88 Å². The first-order chi connectivity index (χ1) is 11.0. The third-order valence-electron chi connectivity index (χ3n) is 3.31. The predicted octanol–water partition coefficient (Wildman–Crippen LogP) is 2.96. The van der Waals surface area contributed by atoms with Crippen LogP contribution in [0.3, 0.4) is 0 Å². The van der Waals surface area contributed by atoms with Gasteiger partial charge in [0.15, 0.2) is 0 Å². The maximum Gasteiger partial charge on any atom is 0.340 e. The molecule has 1 aromatic heterocycles. The van der Waals surface area contributed by atoms with Crippen LogP contribution in [0.5, 0.6) is 0 Å². The summed E-state index contributed by atoms with van der Waals surface area (Å²) in [7, 11) is -3.94. The Morgan fingerprint density at radius 1 is 1.13 bits per heavy atom. The number of aryl methyl sites for hydroxylation is 1. The van der Waals surface area contributed by atoms with Crippen LogP contribution in [0.1, 0.15) is 12.5 Å². The largest absolute Gasteiger partial charge is 0.358 e. The van der Waals surface area contributed by atoms with Crippen molar-refractivity contribution in [3.05, 3.63) is 60.2 Å². The molecule has 0 radical (unpaired) electrons. The number of hydrogen-bond donors (Lipinski definition) is 0. The number of fused-ring (bicyclic) bond motifs is 1. The van der Waals surface area contributed by atoms with E-state index in [1.54, 1.807) is 31.2 Å². The van der Waals surface area contributed by atoms with Crippen LogP contribution in [0.4, 0.5) is 0 Å². The van der Waals surface area contributed by atoms with Crippen molar-refractivity contribution < 1.29 is 12.6 Å². The Hall–Kier alpha value is -2.67. The van der Waals surface area contributed by atoms with Crippen LogP contribution in [-0.2, 0) is 14.3 Å². The van der Waals surface area contributed by atoms with Crippen molar-refractivity contribution in [1.82, 2.24) is 15.0 Å². The maximum absolute atomic E-state index is 12.4. The highest BCUT2D eigenvalue weighted by atomic mass is 32.2. The molecule has 0 saturated heterocycles. The molecule has 6 nitrogen and oxygen atoms in total. The highest BCUT2D eigenvalue weighted by Gasteiger charge is 2.20. The molecule has 0 N–H and O–H groups in total. The van der Waals surface area contributed by atoms with Crippen LogP contribution < -0.4 is 0 Å². The minimum Gasteiger partial charge on any atom is -0.358 e. The monoisotopic (exact) mass is 329 g/mol. The minimum absolute atomic E-state index is 0.0827. The molecule has 7 heteroatoms. The van der Waals surface area contributed by atoms with Crippen molar-refractivity contribution in [1.29, 1.82) is 0 Å². The summed E-state index contributed by atoms with van der Waals surface area (Å²) < 4.78 is 31.5. The first-order valence-corrected chi connectivity index (χ1v) is 8.40. The van der Waals surface area contributed by atoms with E-state index in [0.29, 0.717) is 11.0 Å². The van der Waals surface area contributed by atoms with Crippen molar-refractivity contribution in [3.8, 4) is 0 Å². The van der Waals surface area contributed by atoms with Gasteiger partial charge in [-0.1, -0.05) is 35.0 Å². The topological polar surface area (TPSA) is 74.1 Å². The molecule has 3 aromatic rings. The van der Waals surface area contributed by atoms with Crippen molar-refractivity contribution in [2.75, 3.05) is 0 Å². The predicted molar refractivity (Wildman–Crippen MR) is 86.9 cm³/mol. The zero-order valence-corrected chi connectivity index (χ0v) is 13.5. The minimum atomic E-state index is -3.94. The van der Waals surface area contributed by atoms with Gasteiger partial charge in [0.05, 0.1) is 5.52 Å². The SMILES string of the molecule is CC=C(OS(=O)(=O)c1ccc(C)cc1)n1nnc2ccccc21. The van der Waals surface area contributed by atoms with E-state index in [2.05, 4.69) is 10.3 Å². The first kappa shape index (κ1) is 15.2. The lowest BCUT2D eigenvalue weighted by molar-refractivity contribution is 0.436. The number of allylic oxidation sites excluding steroid dienone is 1. The van der Waals surface area contributed by atoms with E-state index >= 15 is 0 Å². The Balaban J connectivity index is 1.98. The Labute approximate surface area is 134 Å². The molecule has 0 saturated carbocycles. The summed E-state index contributed by atoms with van der Waals surface area (Å²) >= 11 is 0. The fourth-order valence-corrected chi connectivity index (χ4v) is 3.06. The summed E-state index contributed by atoms with van der Waals surface area (Å²) in [6.07, 6.45) is 1.53. The molecule has 118 valence electrons. The van der Waals surface area contributed by atoms with Crippen LogP contribution >= 0.6 is 0 Å². The lowest BCUT2D eigenvalue weighted by atomic mass is 10.2. The van der Waals surface area contributed by atoms with Gasteiger partial charge in [-0.15, -0.1) is 5.10 Å². The van der Waals surface area contributed by atoms with Crippen molar-refractivity contribution >= 4 is 27.0 Å². The summed E-state index contributed by atoms with van der Waals surface area (Å²) in [5.41, 5.74) is 2.29. The molecule has 0 amide bonds. The number of hydrogen-bond acceptors (Lipinski definition) is 5. The second-order valence-electron chi connectivity index (χ2n) is 4.97. The van der Waals surface area contributed by atoms with Crippen LogP contribution in [-0.4, -0.2) is 23.4 Å². The Kier molecular flexibility index (Phi) is 3.87. The first-order valence-electron chi connectivity index (χ1n) is 6.99. The summed E-state index contributed by atoms with van der Waals surface area (Å²) in [6, 6.07) is 13.7. The van der Waals surface area contributed by atoms with Gasteiger partial charge >= 0.3 is 10.1 Å². The van der Waals surface area contributed by atoms with Crippen LogP contribution in [0.2, 0.25) is 0 Å². The van der Waals surface area contributed by atoms with Crippen LogP contribution in [0, 0.1) is 6.92 Å². The van der Waals surface area contributed by atoms with Crippen LogP contribution in [0.15, 0.2) is 59.5 Å². The lowest BCUT2D eigenvalue weighted by Crippen LogP contribution is -2.11. The second kappa shape index (κ2) is 5.85. The van der Waals surface area contributed by atoms with Crippen molar-refractivity contribution in [2.24, 2.45) is 0 Å². The quantitative estimate of drug-likeness (QED) is 0.543. The Bertz CT molecular complexity index is 973. The highest BCUT2D eigenvalue weighted by Crippen LogP contribution is 2.21. The third kappa shape index (κ3) is 2.95. The number of para-hydroxylation sites is 1. The van der Waals surface area contributed by atoms with E-state index in [-0.39, 0.29) is 10.8 Å². The summed E-state index contributed by atoms with van der Waals surface area (Å²) in [5.74, 6) is 0.0827. The molecule has 3 rings (SSSR count). The maximum atomic E-state index is 12.4. The molecule has 0 atom stereocenters. The summed E-state index contributed by atoms with van der Waals surface area (Å²) in [5, 5.41) is 7.97. The van der Waals surface area contributed by atoms with Gasteiger partial charge in [-0.05, 0) is 44.2 Å². The van der Waals surface area contributed by atoms with Gasteiger partial charge in [0, 0.05) is 0 Å². The Morgan fingerprint density at radius 2 is 1.83 bits per heavy atom. The standard InChI is InChI=1S/C16H15N3O3S/c1-3-16(19-15-7-5-4-6-14(15)17-18-19)22-23(20,21)13-10-8-12(2)9-11-13/h3-11H,1-2H3. The average molecular weight is 329 g/mol. The van der Waals surface area contributed by atoms with Gasteiger partial charge in [-0.2, -0.15) is 13.1 Å². The van der Waals surface area contributed by atoms with E-state index < -0.39 is 10.1 Å². The molecule has 0 spiro atoms. The summed E-state index contributed by atoms with van der Waals surface area (Å²) in [6.45, 7) is 3.56. The second-order valence-corrected chi connectivity index (χ2v) is 6.51. The highest BCUT2D eigenvalue weighted by molar-refractivity contribution is 7.87. The van der Waals surface area contributed by atoms with E-state index in [1.807, 2.05) is 19.1 Å². The fraction of sp³-hybridized carbons (Fsp3) is 0.125. The molecule has 0 aliphatic heterocycles. The van der Waals surface area contributed by atoms with E-state index in [4.69, 9.17) is 4.18 Å². The van der Waals surface area contributed by atoms with Crippen LogP contribution in [0.25, 0.3) is 16.9 Å². The normalized spacial score (nSPS) is 12.5. The molecule has 0 unspecified atom stereocenters. The lowest BCUT2D eigenvalue weighted by Gasteiger charge is -2.10. The van der Waals surface area contributed by atoms with Gasteiger partial charge in [0.25, 0.3) is 0 Å². The average Bonchev–Trinajstić information content (AvgIpc) is 2.97. The van der Waals surface area contributed by atoms with Gasteiger partial charge in [-0.25, -0.2) is 0 Å². The van der Waals surface area contributed by atoms with Gasteiger partial charge < -0.3 is 4.18 Å².